The van der Waals surface area contributed by atoms with Crippen LogP contribution in [-0.4, -0.2) is 98.7 Å². The molecule has 8 saturated carbocycles. The van der Waals surface area contributed by atoms with Crippen LogP contribution in [0.1, 0.15) is 193 Å². The SMILES string of the molecule is [CH-]1CCCC2C3NC(NC4NC(NC5NC(NC6NC(N3)C3CCCCC63)C3CCCCC53)C3CCCCC43)C12.[CH-]1CCCC2C3NC(NC4NC(NC5NC(NC6NC(N3)C3CCCCC63)C3CCCCC53)C3CCCCC43)C12.[Tb]. The van der Waals surface area contributed by atoms with Gasteiger partial charge in [0.15, 0.2) is 0 Å². The molecule has 0 aromatic heterocycles. The fourth-order valence-electron chi connectivity index (χ4n) is 23.5. The fourth-order valence-corrected chi connectivity index (χ4v) is 23.5. The van der Waals surface area contributed by atoms with E-state index in [0.29, 0.717) is 122 Å². The van der Waals surface area contributed by atoms with Gasteiger partial charge in [-0.25, -0.2) is 0 Å². The predicted molar refractivity (Wildman–Crippen MR) is 314 cm³/mol. The van der Waals surface area contributed by atoms with Crippen LogP contribution in [-0.2, 0) is 0 Å². The smallest absolute Gasteiger partial charge is 0.0628 e. The first-order valence-corrected chi connectivity index (χ1v) is 35.4. The molecule has 18 aliphatic rings. The van der Waals surface area contributed by atoms with Gasteiger partial charge >= 0.3 is 0 Å². The molecule has 10 saturated heterocycles. The van der Waals surface area contributed by atoms with E-state index < -0.39 is 0 Å². The molecule has 16 nitrogen and oxygen atoms in total. The first-order valence-electron chi connectivity index (χ1n) is 35.4. The Hall–Kier alpha value is 0.646. The van der Waals surface area contributed by atoms with Gasteiger partial charge in [-0.2, -0.15) is 12.8 Å². The first kappa shape index (κ1) is 56.9. The Kier molecular flexibility index (Phi) is 17.2. The van der Waals surface area contributed by atoms with Crippen molar-refractivity contribution in [2.24, 2.45) is 94.7 Å². The van der Waals surface area contributed by atoms with E-state index in [2.05, 4.69) is 97.9 Å². The quantitative estimate of drug-likeness (QED) is 0.147. The molecule has 8 aliphatic carbocycles. The maximum atomic E-state index is 4.25. The molecule has 18 rings (SSSR count). The Morgan fingerprint density at radius 3 is 0.469 bits per heavy atom. The van der Waals surface area contributed by atoms with Crippen molar-refractivity contribution in [3.8, 4) is 0 Å². The Morgan fingerprint density at radius 1 is 0.160 bits per heavy atom. The summed E-state index contributed by atoms with van der Waals surface area (Å²) in [5.41, 5.74) is 0. The zero-order valence-electron chi connectivity index (χ0n) is 49.2. The average molecular weight is 1260 g/mol. The number of fused-ring (bicyclic) bond motifs is 40. The second-order valence-electron chi connectivity index (χ2n) is 30.8. The van der Waals surface area contributed by atoms with E-state index in [9.17, 15) is 0 Å². The van der Waals surface area contributed by atoms with E-state index in [4.69, 9.17) is 0 Å². The van der Waals surface area contributed by atoms with Crippen molar-refractivity contribution in [1.82, 2.24) is 85.1 Å². The summed E-state index contributed by atoms with van der Waals surface area (Å²) < 4.78 is 0. The maximum absolute atomic E-state index is 4.25. The van der Waals surface area contributed by atoms with E-state index in [0.717, 1.165) is 71.0 Å². The largest absolute Gasteiger partial charge is 0.322 e. The molecule has 17 heteroatoms. The maximum Gasteiger partial charge on any atom is 0.0628 e. The van der Waals surface area contributed by atoms with Gasteiger partial charge in [-0.1, -0.05) is 103 Å². The topological polar surface area (TPSA) is 192 Å². The van der Waals surface area contributed by atoms with Crippen molar-refractivity contribution in [3.05, 3.63) is 12.8 Å². The molecule has 457 valence electrons. The Bertz CT molecular complexity index is 1570. The molecule has 16 N–H and O–H groups in total. The third-order valence-electron chi connectivity index (χ3n) is 27.1. The molecular formula is C64H110N16Tb-2. The molecule has 10 aliphatic heterocycles. The summed E-state index contributed by atoms with van der Waals surface area (Å²) >= 11 is 0. The van der Waals surface area contributed by atoms with Gasteiger partial charge in [-0.3, -0.25) is 85.1 Å². The molecule has 1 radical (unpaired) electrons. The van der Waals surface area contributed by atoms with Gasteiger partial charge in [0.2, 0.25) is 0 Å². The summed E-state index contributed by atoms with van der Waals surface area (Å²) in [7, 11) is 0. The van der Waals surface area contributed by atoms with Gasteiger partial charge in [-0.05, 0) is 160 Å². The van der Waals surface area contributed by atoms with Crippen LogP contribution in [0.5, 0.6) is 0 Å². The van der Waals surface area contributed by atoms with Crippen LogP contribution in [0.2, 0.25) is 0 Å². The summed E-state index contributed by atoms with van der Waals surface area (Å²) in [5, 5.41) is 67.3. The van der Waals surface area contributed by atoms with Crippen molar-refractivity contribution >= 4 is 0 Å². The summed E-state index contributed by atoms with van der Waals surface area (Å²) in [6.45, 7) is 0. The Morgan fingerprint density at radius 2 is 0.296 bits per heavy atom. The first-order chi connectivity index (χ1) is 39.6. The van der Waals surface area contributed by atoms with Crippen molar-refractivity contribution in [2.45, 2.75) is 291 Å². The normalized spacial score (nSPS) is 56.9. The molecule has 81 heavy (non-hydrogen) atoms. The number of hydrogen-bond donors (Lipinski definition) is 16. The summed E-state index contributed by atoms with van der Waals surface area (Å²) in [6.07, 6.45) is 52.9. The van der Waals surface area contributed by atoms with Crippen LogP contribution >= 0.6 is 0 Å². The molecule has 0 aromatic rings. The second-order valence-corrected chi connectivity index (χ2v) is 30.8. The van der Waals surface area contributed by atoms with Gasteiger partial charge in [0.25, 0.3) is 0 Å². The summed E-state index contributed by atoms with van der Waals surface area (Å²) in [4.78, 5) is 0. The summed E-state index contributed by atoms with van der Waals surface area (Å²) in [5.74, 6) is 11.5. The molecule has 0 aromatic carbocycles. The minimum atomic E-state index is 0. The van der Waals surface area contributed by atoms with Crippen LogP contribution in [0.15, 0.2) is 0 Å². The van der Waals surface area contributed by atoms with Crippen LogP contribution in [0.4, 0.5) is 0 Å². The van der Waals surface area contributed by atoms with Crippen LogP contribution < -0.4 is 85.1 Å². The van der Waals surface area contributed by atoms with Crippen LogP contribution in [0.3, 0.4) is 0 Å². The van der Waals surface area contributed by atoms with E-state index in [1.165, 1.54) is 193 Å². The third-order valence-corrected chi connectivity index (χ3v) is 27.1. The van der Waals surface area contributed by atoms with E-state index in [1.807, 2.05) is 0 Å². The molecule has 10 heterocycles. The molecule has 16 bridgehead atoms. The van der Waals surface area contributed by atoms with Crippen LogP contribution in [0, 0.1) is 146 Å². The van der Waals surface area contributed by atoms with Gasteiger partial charge < -0.3 is 12.8 Å². The van der Waals surface area contributed by atoms with Gasteiger partial charge in [0, 0.05) is 50.9 Å². The zero-order valence-corrected chi connectivity index (χ0v) is 51.3. The molecule has 32 unspecified atom stereocenters. The fraction of sp³-hybridized carbons (Fsp3) is 0.969. The number of nitrogens with one attached hydrogen (secondary N) is 16. The van der Waals surface area contributed by atoms with Gasteiger partial charge in [0.05, 0.1) is 86.3 Å². The Labute approximate surface area is 518 Å². The van der Waals surface area contributed by atoms with Gasteiger partial charge in [-0.15, -0.1) is 11.8 Å². The number of hydrogen-bond acceptors (Lipinski definition) is 16. The third kappa shape index (κ3) is 10.6. The van der Waals surface area contributed by atoms with Crippen molar-refractivity contribution in [2.75, 3.05) is 0 Å². The average Bonchev–Trinajstić information content (AvgIpc) is 4.48. The molecule has 0 amide bonds. The van der Waals surface area contributed by atoms with Gasteiger partial charge in [0.1, 0.15) is 0 Å². The monoisotopic (exact) mass is 1260 g/mol. The molecule has 0 spiro atoms. The van der Waals surface area contributed by atoms with E-state index in [-0.39, 0.29) is 38.6 Å². The standard InChI is InChI=1S/2C32H55N8.Tb/c2*1-2-10-18-17(9-1)25-33-26(18)38-28-21-13-5-6-14-22(21)30(35-28)40-32-24-16-8-7-15-23(24)31(36-32)39-29-20-12-4-3-11-19(20)27(34-29)37-25;/h2*9,17-40H,1-8,10-16H2;/q2*-1;. The summed E-state index contributed by atoms with van der Waals surface area (Å²) in [6, 6.07) is 0. The van der Waals surface area contributed by atoms with E-state index in [1.54, 1.807) is 0 Å². The predicted octanol–water partition coefficient (Wildman–Crippen LogP) is 4.84. The molecular weight excluding hydrogens is 1150 g/mol. The zero-order chi connectivity index (χ0) is 52.4. The van der Waals surface area contributed by atoms with E-state index >= 15 is 0 Å². The number of rotatable bonds is 0. The Balaban J connectivity index is 0.000000132. The molecule has 32 atom stereocenters. The second kappa shape index (κ2) is 24.5. The molecule has 18 fully saturated rings. The minimum absolute atomic E-state index is 0. The van der Waals surface area contributed by atoms with Crippen molar-refractivity contribution in [1.29, 1.82) is 0 Å². The van der Waals surface area contributed by atoms with Crippen molar-refractivity contribution < 1.29 is 38.6 Å². The van der Waals surface area contributed by atoms with Crippen LogP contribution in [0.25, 0.3) is 0 Å². The minimum Gasteiger partial charge on any atom is -0.322 e. The van der Waals surface area contributed by atoms with Crippen molar-refractivity contribution in [3.63, 3.8) is 0 Å².